The van der Waals surface area contributed by atoms with E-state index in [1.807, 2.05) is 0 Å². The minimum atomic E-state index is -2.01. The summed E-state index contributed by atoms with van der Waals surface area (Å²) in [6.07, 6.45) is 4.18. The molecule has 0 spiro atoms. The van der Waals surface area contributed by atoms with E-state index in [0.29, 0.717) is 12.2 Å². The molecule has 0 aromatic carbocycles. The van der Waals surface area contributed by atoms with Gasteiger partial charge >= 0.3 is 0 Å². The Bertz CT molecular complexity index is 749. The summed E-state index contributed by atoms with van der Waals surface area (Å²) in [5.41, 5.74) is 11.9. The van der Waals surface area contributed by atoms with Gasteiger partial charge in [-0.15, -0.1) is 0 Å². The molecule has 0 aliphatic carbocycles. The van der Waals surface area contributed by atoms with Gasteiger partial charge in [-0.25, -0.2) is 9.98 Å². The average Bonchev–Trinajstić information content (AvgIpc) is 2.58. The molecular weight excluding hydrogens is 373 g/mol. The highest BCUT2D eigenvalue weighted by Crippen LogP contribution is 2.48. The number of rotatable bonds is 7. The maximum absolute atomic E-state index is 14.4. The number of hydrogen-bond donors (Lipinski definition) is 3. The molecule has 2 unspecified atom stereocenters. The molecule has 1 aliphatic heterocycles. The largest absolute Gasteiger partial charge is 0.416 e. The molecule has 2 atom stereocenters. The number of guanidine groups is 1. The van der Waals surface area contributed by atoms with Crippen molar-refractivity contribution in [1.82, 2.24) is 4.98 Å². The lowest BCUT2D eigenvalue weighted by Gasteiger charge is -2.48. The second kappa shape index (κ2) is 7.72. The number of aromatic nitrogens is 1. The Hall–Kier alpha value is -1.51. The summed E-state index contributed by atoms with van der Waals surface area (Å²) in [5.74, 6) is -0.537. The van der Waals surface area contributed by atoms with Crippen molar-refractivity contribution in [3.63, 3.8) is 0 Å². The highest BCUT2D eigenvalue weighted by Gasteiger charge is 2.51. The van der Waals surface area contributed by atoms with E-state index in [9.17, 15) is 4.39 Å². The topological polar surface area (TPSA) is 98.5 Å². The highest BCUT2D eigenvalue weighted by molar-refractivity contribution is 6.74. The summed E-state index contributed by atoms with van der Waals surface area (Å²) in [7, 11) is -2.01. The minimum Gasteiger partial charge on any atom is -0.416 e. The maximum atomic E-state index is 14.4. The molecule has 0 radical (unpaired) electrons. The van der Waals surface area contributed by atoms with Crippen LogP contribution in [-0.2, 0) is 10.1 Å². The van der Waals surface area contributed by atoms with E-state index >= 15 is 0 Å². The van der Waals surface area contributed by atoms with Gasteiger partial charge in [0, 0.05) is 23.8 Å². The number of unbranched alkanes of at least 4 members (excludes halogenated alkanes) is 1. The van der Waals surface area contributed by atoms with E-state index in [4.69, 9.17) is 15.9 Å². The number of fused-ring (bicyclic) bond motifs is 1. The highest BCUT2D eigenvalue weighted by atomic mass is 28.4. The second-order valence-electron chi connectivity index (χ2n) is 9.63. The van der Waals surface area contributed by atoms with Crippen LogP contribution in [0.2, 0.25) is 18.1 Å². The van der Waals surface area contributed by atoms with Crippen molar-refractivity contribution in [3.05, 3.63) is 23.8 Å². The predicted octanol–water partition coefficient (Wildman–Crippen LogP) is 4.29. The van der Waals surface area contributed by atoms with Crippen LogP contribution in [0.1, 0.15) is 59.4 Å². The number of nitrogens with one attached hydrogen (secondary N) is 1. The Labute approximate surface area is 169 Å². The van der Waals surface area contributed by atoms with Crippen molar-refractivity contribution in [3.8, 4) is 0 Å². The zero-order valence-electron chi connectivity index (χ0n) is 18.3. The molecule has 28 heavy (non-hydrogen) atoms. The molecule has 158 valence electrons. The Morgan fingerprint density at radius 2 is 1.93 bits per heavy atom. The monoisotopic (exact) mass is 409 g/mol. The molecule has 0 saturated carbocycles. The van der Waals surface area contributed by atoms with Crippen molar-refractivity contribution in [2.75, 3.05) is 11.9 Å². The fourth-order valence-electron chi connectivity index (χ4n) is 3.24. The Kier molecular flexibility index (Phi) is 6.28. The summed E-state index contributed by atoms with van der Waals surface area (Å²) in [6.45, 7) is 15.7. The summed E-state index contributed by atoms with van der Waals surface area (Å²) in [5, 5.41) is 2.86. The van der Waals surface area contributed by atoms with Crippen molar-refractivity contribution < 1.29 is 8.82 Å². The van der Waals surface area contributed by atoms with Gasteiger partial charge in [0.05, 0.1) is 0 Å². The van der Waals surface area contributed by atoms with Crippen LogP contribution in [0, 0.1) is 11.4 Å². The van der Waals surface area contributed by atoms with Crippen LogP contribution < -0.4 is 16.8 Å². The zero-order valence-corrected chi connectivity index (χ0v) is 19.3. The quantitative estimate of drug-likeness (QED) is 0.461. The molecule has 1 aromatic rings. The summed E-state index contributed by atoms with van der Waals surface area (Å²) < 4.78 is 21.0. The third-order valence-corrected chi connectivity index (χ3v) is 10.9. The van der Waals surface area contributed by atoms with Crippen molar-refractivity contribution in [2.45, 2.75) is 77.7 Å². The molecule has 8 heteroatoms. The average molecular weight is 410 g/mol. The van der Waals surface area contributed by atoms with Gasteiger partial charge in [-0.05, 0) is 30.6 Å². The standard InChI is InChI=1S/C20H36FN5OSi/c1-8-9-11-19(5,13-27-28(6,7)18(2,3)4)20(23)14-10-12-24-16(21)15(14)25-17(22)26-20/h10,12H,8-9,11,13,23H2,1-7H3,(H3,22,25,26). The van der Waals surface area contributed by atoms with Crippen LogP contribution in [0.25, 0.3) is 0 Å². The number of hydrogen-bond acceptors (Lipinski definition) is 6. The zero-order chi connectivity index (χ0) is 21.4. The first-order valence-corrected chi connectivity index (χ1v) is 12.9. The van der Waals surface area contributed by atoms with Crippen LogP contribution in [0.4, 0.5) is 10.1 Å². The third-order valence-electron chi connectivity index (χ3n) is 6.43. The molecular formula is C20H36FN5OSi. The van der Waals surface area contributed by atoms with Gasteiger partial charge in [0.1, 0.15) is 11.4 Å². The van der Waals surface area contributed by atoms with Gasteiger partial charge in [-0.3, -0.25) is 0 Å². The van der Waals surface area contributed by atoms with Crippen LogP contribution in [0.3, 0.4) is 0 Å². The first kappa shape index (κ1) is 22.8. The molecule has 0 bridgehead atoms. The normalized spacial score (nSPS) is 22.1. The van der Waals surface area contributed by atoms with Crippen LogP contribution in [-0.4, -0.2) is 25.9 Å². The number of aliphatic imine (C=N–C) groups is 1. The van der Waals surface area contributed by atoms with Gasteiger partial charge in [0.15, 0.2) is 14.3 Å². The van der Waals surface area contributed by atoms with Gasteiger partial charge in [-0.2, -0.15) is 4.39 Å². The van der Waals surface area contributed by atoms with Gasteiger partial charge in [0.2, 0.25) is 5.95 Å². The maximum Gasteiger partial charge on any atom is 0.237 e. The molecule has 0 fully saturated rings. The van der Waals surface area contributed by atoms with E-state index < -0.39 is 25.3 Å². The molecule has 2 heterocycles. The lowest BCUT2D eigenvalue weighted by Crippen LogP contribution is -2.57. The summed E-state index contributed by atoms with van der Waals surface area (Å²) >= 11 is 0. The fourth-order valence-corrected chi connectivity index (χ4v) is 4.35. The van der Waals surface area contributed by atoms with Crippen LogP contribution >= 0.6 is 0 Å². The Balaban J connectivity index is 2.52. The van der Waals surface area contributed by atoms with E-state index in [2.05, 4.69) is 63.0 Å². The Morgan fingerprint density at radius 3 is 2.50 bits per heavy atom. The minimum absolute atomic E-state index is 0.0742. The van der Waals surface area contributed by atoms with Gasteiger partial charge in [0.25, 0.3) is 0 Å². The lowest BCUT2D eigenvalue weighted by atomic mass is 9.70. The van der Waals surface area contributed by atoms with E-state index in [-0.39, 0.29) is 16.7 Å². The van der Waals surface area contributed by atoms with Crippen LogP contribution in [0.5, 0.6) is 0 Å². The summed E-state index contributed by atoms with van der Waals surface area (Å²) in [6, 6.07) is 1.72. The smallest absolute Gasteiger partial charge is 0.237 e. The second-order valence-corrected chi connectivity index (χ2v) is 14.4. The molecule has 1 aromatic heterocycles. The fraction of sp³-hybridized carbons (Fsp3) is 0.700. The summed E-state index contributed by atoms with van der Waals surface area (Å²) in [4.78, 5) is 8.32. The lowest BCUT2D eigenvalue weighted by molar-refractivity contribution is 0.0516. The Morgan fingerprint density at radius 1 is 1.29 bits per heavy atom. The van der Waals surface area contributed by atoms with E-state index in [1.54, 1.807) is 6.07 Å². The van der Waals surface area contributed by atoms with Crippen molar-refractivity contribution in [1.29, 1.82) is 0 Å². The molecule has 5 N–H and O–H groups in total. The number of halogens is 1. The number of nitrogens with zero attached hydrogens (tertiary/aromatic N) is 2. The van der Waals surface area contributed by atoms with Gasteiger partial charge < -0.3 is 21.2 Å². The third kappa shape index (κ3) is 4.09. The first-order valence-electron chi connectivity index (χ1n) is 9.97. The SMILES string of the molecule is CCCCC(C)(CO[Si](C)(C)C(C)(C)C)C1(N)N=C(N)Nc2c1ccnc2F. The number of pyridine rings is 1. The number of nitrogens with two attached hydrogens (primary N) is 2. The predicted molar refractivity (Wildman–Crippen MR) is 116 cm³/mol. The van der Waals surface area contributed by atoms with Crippen molar-refractivity contribution in [2.24, 2.45) is 21.9 Å². The van der Waals surface area contributed by atoms with Crippen LogP contribution in [0.15, 0.2) is 17.3 Å². The molecule has 6 nitrogen and oxygen atoms in total. The molecule has 0 saturated heterocycles. The van der Waals surface area contributed by atoms with Crippen molar-refractivity contribution >= 4 is 20.0 Å². The first-order chi connectivity index (χ1) is 12.8. The molecule has 2 rings (SSSR count). The molecule has 1 aliphatic rings. The van der Waals surface area contributed by atoms with Gasteiger partial charge in [-0.1, -0.05) is 47.5 Å². The van der Waals surface area contributed by atoms with E-state index in [1.165, 1.54) is 6.20 Å². The number of anilines is 1. The molecule has 0 amide bonds. The van der Waals surface area contributed by atoms with E-state index in [0.717, 1.165) is 19.3 Å².